The van der Waals surface area contributed by atoms with Gasteiger partial charge < -0.3 is 15.8 Å². The van der Waals surface area contributed by atoms with Gasteiger partial charge in [-0.1, -0.05) is 18.5 Å². The molecule has 0 aliphatic carbocycles. The fourth-order valence-electron chi connectivity index (χ4n) is 1.37. The van der Waals surface area contributed by atoms with Crippen LogP contribution in [0.25, 0.3) is 0 Å². The summed E-state index contributed by atoms with van der Waals surface area (Å²) in [7, 11) is 0. The van der Waals surface area contributed by atoms with Crippen molar-refractivity contribution < 1.29 is 14.3 Å². The quantitative estimate of drug-likeness (QED) is 0.646. The Kier molecular flexibility index (Phi) is 5.39. The Morgan fingerprint density at radius 3 is 2.60 bits per heavy atom. The van der Waals surface area contributed by atoms with Crippen LogP contribution in [0.5, 0.6) is 0 Å². The zero-order valence-corrected chi connectivity index (χ0v) is 12.6. The third-order valence-corrected chi connectivity index (χ3v) is 3.26. The normalized spacial score (nSPS) is 11.0. The molecule has 0 aliphatic rings. The number of esters is 1. The summed E-state index contributed by atoms with van der Waals surface area (Å²) in [6.07, 6.45) is 0.778. The van der Waals surface area contributed by atoms with Crippen LogP contribution in [0.15, 0.2) is 18.2 Å². The number of anilines is 1. The van der Waals surface area contributed by atoms with Gasteiger partial charge in [0.2, 0.25) is 0 Å². The third-order valence-electron chi connectivity index (χ3n) is 2.93. The number of amides is 1. The molecule has 6 heteroatoms. The Labute approximate surface area is 123 Å². The predicted molar refractivity (Wildman–Crippen MR) is 78.7 cm³/mol. The molecule has 0 heterocycles. The van der Waals surface area contributed by atoms with Gasteiger partial charge in [0, 0.05) is 5.54 Å². The fraction of sp³-hybridized carbons (Fsp3) is 0.429. The number of carbonyl (C=O) groups excluding carboxylic acids is 2. The average Bonchev–Trinajstić information content (AvgIpc) is 2.38. The summed E-state index contributed by atoms with van der Waals surface area (Å²) in [5.41, 5.74) is 5.86. The summed E-state index contributed by atoms with van der Waals surface area (Å²) in [5, 5.41) is 3.05. The molecule has 1 amide bonds. The van der Waals surface area contributed by atoms with E-state index in [9.17, 15) is 9.59 Å². The number of nitrogens with one attached hydrogen (secondary N) is 1. The second kappa shape index (κ2) is 6.61. The minimum Gasteiger partial charge on any atom is -0.452 e. The Morgan fingerprint density at radius 1 is 1.40 bits per heavy atom. The topological polar surface area (TPSA) is 81.4 Å². The summed E-state index contributed by atoms with van der Waals surface area (Å²) in [6, 6.07) is 4.42. The lowest BCUT2D eigenvalue weighted by Crippen LogP contribution is -2.44. The number of nitrogens with two attached hydrogens (primary N) is 1. The smallest absolute Gasteiger partial charge is 0.338 e. The molecule has 0 radical (unpaired) electrons. The molecule has 0 aromatic heterocycles. The van der Waals surface area contributed by atoms with E-state index in [2.05, 4.69) is 5.32 Å². The fourth-order valence-corrected chi connectivity index (χ4v) is 1.55. The number of halogens is 1. The number of nitrogen functional groups attached to an aromatic ring is 1. The third kappa shape index (κ3) is 4.74. The molecule has 0 unspecified atom stereocenters. The van der Waals surface area contributed by atoms with Crippen molar-refractivity contribution in [3.8, 4) is 0 Å². The van der Waals surface area contributed by atoms with Gasteiger partial charge in [-0.05, 0) is 38.5 Å². The van der Waals surface area contributed by atoms with Gasteiger partial charge >= 0.3 is 5.97 Å². The minimum absolute atomic E-state index is 0.256. The van der Waals surface area contributed by atoms with Crippen LogP contribution in [0.3, 0.4) is 0 Å². The second-order valence-corrected chi connectivity index (χ2v) is 5.51. The van der Waals surface area contributed by atoms with Gasteiger partial charge in [0.25, 0.3) is 5.91 Å². The van der Waals surface area contributed by atoms with Crippen LogP contribution in [0.2, 0.25) is 5.02 Å². The summed E-state index contributed by atoms with van der Waals surface area (Å²) in [6.45, 7) is 5.42. The van der Waals surface area contributed by atoms with Crippen molar-refractivity contribution in [2.75, 3.05) is 12.3 Å². The van der Waals surface area contributed by atoms with Crippen molar-refractivity contribution in [3.05, 3.63) is 28.8 Å². The highest BCUT2D eigenvalue weighted by Crippen LogP contribution is 2.20. The summed E-state index contributed by atoms with van der Waals surface area (Å²) in [4.78, 5) is 23.4. The van der Waals surface area contributed by atoms with Gasteiger partial charge in [-0.2, -0.15) is 0 Å². The van der Waals surface area contributed by atoms with E-state index in [-0.39, 0.29) is 28.6 Å². The van der Waals surface area contributed by atoms with Gasteiger partial charge in [0.1, 0.15) is 0 Å². The summed E-state index contributed by atoms with van der Waals surface area (Å²) < 4.78 is 4.92. The van der Waals surface area contributed by atoms with Crippen LogP contribution in [0, 0.1) is 0 Å². The van der Waals surface area contributed by atoms with Crippen LogP contribution >= 0.6 is 11.6 Å². The Balaban J connectivity index is 2.55. The van der Waals surface area contributed by atoms with Crippen molar-refractivity contribution in [1.29, 1.82) is 0 Å². The highest BCUT2D eigenvalue weighted by atomic mass is 35.5. The number of hydrogen-bond acceptors (Lipinski definition) is 4. The largest absolute Gasteiger partial charge is 0.452 e. The van der Waals surface area contributed by atoms with Crippen LogP contribution in [0.4, 0.5) is 5.69 Å². The summed E-state index contributed by atoms with van der Waals surface area (Å²) >= 11 is 5.81. The molecule has 0 atom stereocenters. The predicted octanol–water partition coefficient (Wildman–Crippen LogP) is 2.38. The van der Waals surface area contributed by atoms with E-state index in [0.717, 1.165) is 6.42 Å². The highest BCUT2D eigenvalue weighted by Gasteiger charge is 2.19. The molecule has 0 fully saturated rings. The molecule has 3 N–H and O–H groups in total. The van der Waals surface area contributed by atoms with Crippen LogP contribution in [-0.2, 0) is 9.53 Å². The van der Waals surface area contributed by atoms with E-state index in [1.165, 1.54) is 18.2 Å². The Bertz CT molecular complexity index is 515. The summed E-state index contributed by atoms with van der Waals surface area (Å²) in [5.74, 6) is -0.955. The van der Waals surface area contributed by atoms with Gasteiger partial charge in [0.15, 0.2) is 6.61 Å². The van der Waals surface area contributed by atoms with Crippen LogP contribution in [-0.4, -0.2) is 24.0 Å². The molecule has 1 rings (SSSR count). The maximum atomic E-state index is 11.7. The zero-order chi connectivity index (χ0) is 15.3. The Hall–Kier alpha value is -1.75. The van der Waals surface area contributed by atoms with Crippen LogP contribution in [0.1, 0.15) is 37.6 Å². The van der Waals surface area contributed by atoms with Crippen molar-refractivity contribution in [1.82, 2.24) is 5.32 Å². The van der Waals surface area contributed by atoms with E-state index in [0.29, 0.717) is 5.69 Å². The van der Waals surface area contributed by atoms with Crippen molar-refractivity contribution >= 4 is 29.2 Å². The number of rotatable bonds is 5. The molecule has 0 bridgehead atoms. The molecule has 110 valence electrons. The first-order valence-corrected chi connectivity index (χ1v) is 6.66. The SMILES string of the molecule is CCC(C)(C)NC(=O)COC(=O)c1ccc(N)c(Cl)c1. The lowest BCUT2D eigenvalue weighted by Gasteiger charge is -2.24. The molecule has 1 aromatic rings. The number of hydrogen-bond donors (Lipinski definition) is 2. The van der Waals surface area contributed by atoms with Crippen LogP contribution < -0.4 is 11.1 Å². The van der Waals surface area contributed by atoms with Crippen molar-refractivity contribution in [2.45, 2.75) is 32.7 Å². The van der Waals surface area contributed by atoms with Gasteiger partial charge in [-0.15, -0.1) is 0 Å². The molecule has 0 aliphatic heterocycles. The molecule has 0 spiro atoms. The van der Waals surface area contributed by atoms with Gasteiger partial charge in [-0.3, -0.25) is 4.79 Å². The van der Waals surface area contributed by atoms with Gasteiger partial charge in [0.05, 0.1) is 16.3 Å². The number of ether oxygens (including phenoxy) is 1. The van der Waals surface area contributed by atoms with Gasteiger partial charge in [-0.25, -0.2) is 4.79 Å². The highest BCUT2D eigenvalue weighted by molar-refractivity contribution is 6.33. The second-order valence-electron chi connectivity index (χ2n) is 5.10. The maximum absolute atomic E-state index is 11.7. The molecule has 5 nitrogen and oxygen atoms in total. The lowest BCUT2D eigenvalue weighted by molar-refractivity contribution is -0.125. The van der Waals surface area contributed by atoms with E-state index in [4.69, 9.17) is 22.1 Å². The number of benzene rings is 1. The standard InChI is InChI=1S/C14H19ClN2O3/c1-4-14(2,3)17-12(18)8-20-13(19)9-5-6-11(16)10(15)7-9/h5-7H,4,8,16H2,1-3H3,(H,17,18). The maximum Gasteiger partial charge on any atom is 0.338 e. The molecule has 20 heavy (non-hydrogen) atoms. The van der Waals surface area contributed by atoms with E-state index in [1.54, 1.807) is 0 Å². The first-order chi connectivity index (χ1) is 9.25. The monoisotopic (exact) mass is 298 g/mol. The first-order valence-electron chi connectivity index (χ1n) is 6.28. The molecule has 0 saturated carbocycles. The molecular formula is C14H19ClN2O3. The van der Waals surface area contributed by atoms with Crippen molar-refractivity contribution in [2.24, 2.45) is 0 Å². The zero-order valence-electron chi connectivity index (χ0n) is 11.8. The number of carbonyl (C=O) groups is 2. The molecule has 1 aromatic carbocycles. The Morgan fingerprint density at radius 2 is 2.05 bits per heavy atom. The van der Waals surface area contributed by atoms with Crippen molar-refractivity contribution in [3.63, 3.8) is 0 Å². The van der Waals surface area contributed by atoms with E-state index in [1.807, 2.05) is 20.8 Å². The lowest BCUT2D eigenvalue weighted by atomic mass is 10.0. The first kappa shape index (κ1) is 16.3. The average molecular weight is 299 g/mol. The minimum atomic E-state index is -0.614. The van der Waals surface area contributed by atoms with E-state index < -0.39 is 5.97 Å². The molecular weight excluding hydrogens is 280 g/mol. The van der Waals surface area contributed by atoms with E-state index >= 15 is 0 Å². The molecule has 0 saturated heterocycles.